The Labute approximate surface area is 118 Å². The summed E-state index contributed by atoms with van der Waals surface area (Å²) in [5, 5.41) is 6.39. The Morgan fingerprint density at radius 1 is 1.15 bits per heavy atom. The third-order valence-electron chi connectivity index (χ3n) is 2.79. The van der Waals surface area contributed by atoms with E-state index in [4.69, 9.17) is 0 Å². The van der Waals surface area contributed by atoms with E-state index in [9.17, 15) is 4.79 Å². The van der Waals surface area contributed by atoms with Gasteiger partial charge in [-0.15, -0.1) is 0 Å². The van der Waals surface area contributed by atoms with Crippen molar-refractivity contribution in [2.45, 2.75) is 20.3 Å². The van der Waals surface area contributed by atoms with Crippen LogP contribution in [0.4, 0.5) is 17.3 Å². The highest BCUT2D eigenvalue weighted by atomic mass is 16.1. The van der Waals surface area contributed by atoms with Crippen LogP contribution < -0.4 is 10.6 Å². The van der Waals surface area contributed by atoms with Crippen LogP contribution in [0.5, 0.6) is 0 Å². The molecule has 0 unspecified atom stereocenters. The van der Waals surface area contributed by atoms with Crippen molar-refractivity contribution in [3.8, 4) is 0 Å². The standard InChI is InChI=1S/C15H18N4O/c1-3-8-16-14-9-15(18-10-17-14)19-13-6-4-12(5-7-13)11(2)20/h4-7,9-10H,3,8H2,1-2H3,(H2,16,17,18,19). The summed E-state index contributed by atoms with van der Waals surface area (Å²) in [5.74, 6) is 1.57. The predicted molar refractivity (Wildman–Crippen MR) is 80.5 cm³/mol. The number of carbonyl (C=O) groups excluding carboxylic acids is 1. The lowest BCUT2D eigenvalue weighted by Crippen LogP contribution is -2.03. The van der Waals surface area contributed by atoms with Crippen molar-refractivity contribution >= 4 is 23.1 Å². The highest BCUT2D eigenvalue weighted by molar-refractivity contribution is 5.94. The van der Waals surface area contributed by atoms with Gasteiger partial charge in [-0.05, 0) is 37.6 Å². The van der Waals surface area contributed by atoms with Crippen LogP contribution in [0, 0.1) is 0 Å². The van der Waals surface area contributed by atoms with Crippen LogP contribution in [-0.4, -0.2) is 22.3 Å². The van der Waals surface area contributed by atoms with Gasteiger partial charge in [0, 0.05) is 23.9 Å². The minimum atomic E-state index is 0.0598. The second-order valence-electron chi connectivity index (χ2n) is 4.47. The van der Waals surface area contributed by atoms with Gasteiger partial charge in [0.1, 0.15) is 18.0 Å². The number of rotatable bonds is 6. The number of hydrogen-bond donors (Lipinski definition) is 2. The van der Waals surface area contributed by atoms with Crippen molar-refractivity contribution in [1.82, 2.24) is 9.97 Å². The Bertz CT molecular complexity index is 581. The van der Waals surface area contributed by atoms with Gasteiger partial charge in [0.05, 0.1) is 0 Å². The van der Waals surface area contributed by atoms with E-state index in [0.29, 0.717) is 11.4 Å². The molecule has 0 amide bonds. The maximum absolute atomic E-state index is 11.2. The molecule has 2 N–H and O–H groups in total. The number of carbonyl (C=O) groups is 1. The van der Waals surface area contributed by atoms with Gasteiger partial charge in [-0.1, -0.05) is 6.92 Å². The second-order valence-corrected chi connectivity index (χ2v) is 4.47. The zero-order valence-corrected chi connectivity index (χ0v) is 11.7. The Kier molecular flexibility index (Phi) is 4.65. The Balaban J connectivity index is 2.07. The molecule has 1 aromatic heterocycles. The van der Waals surface area contributed by atoms with Crippen LogP contribution in [0.3, 0.4) is 0 Å². The van der Waals surface area contributed by atoms with E-state index in [1.54, 1.807) is 19.1 Å². The number of benzene rings is 1. The lowest BCUT2D eigenvalue weighted by Gasteiger charge is -2.08. The topological polar surface area (TPSA) is 66.9 Å². The second kappa shape index (κ2) is 6.65. The van der Waals surface area contributed by atoms with E-state index in [1.165, 1.54) is 6.33 Å². The van der Waals surface area contributed by atoms with Gasteiger partial charge in [0.2, 0.25) is 0 Å². The average molecular weight is 270 g/mol. The number of nitrogens with zero attached hydrogens (tertiary/aromatic N) is 2. The van der Waals surface area contributed by atoms with Crippen molar-refractivity contribution in [3.63, 3.8) is 0 Å². The Hall–Kier alpha value is -2.43. The van der Waals surface area contributed by atoms with Crippen LogP contribution >= 0.6 is 0 Å². The van der Waals surface area contributed by atoms with Crippen molar-refractivity contribution in [1.29, 1.82) is 0 Å². The number of Topliss-reactive ketones (excluding diaryl/α,β-unsaturated/α-hetero) is 1. The first kappa shape index (κ1) is 14.0. The molecule has 2 rings (SSSR count). The molecule has 104 valence electrons. The molecule has 0 spiro atoms. The van der Waals surface area contributed by atoms with Crippen LogP contribution in [0.2, 0.25) is 0 Å². The van der Waals surface area contributed by atoms with Crippen molar-refractivity contribution in [3.05, 3.63) is 42.2 Å². The summed E-state index contributed by atoms with van der Waals surface area (Å²) in [7, 11) is 0. The first-order valence-electron chi connectivity index (χ1n) is 6.63. The van der Waals surface area contributed by atoms with Crippen LogP contribution in [0.25, 0.3) is 0 Å². The quantitative estimate of drug-likeness (QED) is 0.789. The zero-order chi connectivity index (χ0) is 14.4. The summed E-state index contributed by atoms with van der Waals surface area (Å²) in [6.45, 7) is 4.53. The molecule has 2 aromatic rings. The first-order chi connectivity index (χ1) is 9.69. The number of hydrogen-bond acceptors (Lipinski definition) is 5. The largest absolute Gasteiger partial charge is 0.370 e. The van der Waals surface area contributed by atoms with E-state index >= 15 is 0 Å². The molecule has 0 radical (unpaired) electrons. The maximum atomic E-state index is 11.2. The molecule has 0 saturated heterocycles. The van der Waals surface area contributed by atoms with Gasteiger partial charge in [-0.25, -0.2) is 9.97 Å². The average Bonchev–Trinajstić information content (AvgIpc) is 2.46. The van der Waals surface area contributed by atoms with Gasteiger partial charge < -0.3 is 10.6 Å². The highest BCUT2D eigenvalue weighted by Crippen LogP contribution is 2.17. The van der Waals surface area contributed by atoms with E-state index in [2.05, 4.69) is 27.5 Å². The van der Waals surface area contributed by atoms with Crippen LogP contribution in [-0.2, 0) is 0 Å². The molecule has 0 atom stereocenters. The van der Waals surface area contributed by atoms with E-state index < -0.39 is 0 Å². The SMILES string of the molecule is CCCNc1cc(Nc2ccc(C(C)=O)cc2)ncn1. The van der Waals surface area contributed by atoms with Crippen molar-refractivity contribution in [2.75, 3.05) is 17.2 Å². The summed E-state index contributed by atoms with van der Waals surface area (Å²) < 4.78 is 0. The fourth-order valence-corrected chi connectivity index (χ4v) is 1.71. The summed E-state index contributed by atoms with van der Waals surface area (Å²) >= 11 is 0. The van der Waals surface area contributed by atoms with E-state index in [-0.39, 0.29) is 5.78 Å². The molecular weight excluding hydrogens is 252 g/mol. The molecule has 1 heterocycles. The predicted octanol–water partition coefficient (Wildman–Crippen LogP) is 3.24. The normalized spacial score (nSPS) is 10.1. The maximum Gasteiger partial charge on any atom is 0.159 e. The van der Waals surface area contributed by atoms with Crippen LogP contribution in [0.1, 0.15) is 30.6 Å². The third-order valence-corrected chi connectivity index (χ3v) is 2.79. The molecule has 0 aliphatic carbocycles. The number of anilines is 3. The summed E-state index contributed by atoms with van der Waals surface area (Å²) in [6, 6.07) is 9.16. The lowest BCUT2D eigenvalue weighted by atomic mass is 10.1. The molecule has 0 bridgehead atoms. The smallest absolute Gasteiger partial charge is 0.159 e. The van der Waals surface area contributed by atoms with Gasteiger partial charge in [-0.3, -0.25) is 4.79 Å². The van der Waals surface area contributed by atoms with Crippen molar-refractivity contribution in [2.24, 2.45) is 0 Å². The summed E-state index contributed by atoms with van der Waals surface area (Å²) in [4.78, 5) is 19.5. The van der Waals surface area contributed by atoms with Gasteiger partial charge >= 0.3 is 0 Å². The fourth-order valence-electron chi connectivity index (χ4n) is 1.71. The summed E-state index contributed by atoms with van der Waals surface area (Å²) in [6.07, 6.45) is 2.56. The molecule has 0 saturated carbocycles. The minimum Gasteiger partial charge on any atom is -0.370 e. The minimum absolute atomic E-state index is 0.0598. The van der Waals surface area contributed by atoms with E-state index in [1.807, 2.05) is 18.2 Å². The molecule has 0 fully saturated rings. The number of nitrogens with one attached hydrogen (secondary N) is 2. The number of ketones is 1. The number of aromatic nitrogens is 2. The lowest BCUT2D eigenvalue weighted by molar-refractivity contribution is 0.101. The first-order valence-corrected chi connectivity index (χ1v) is 6.63. The van der Waals surface area contributed by atoms with Crippen molar-refractivity contribution < 1.29 is 4.79 Å². The van der Waals surface area contributed by atoms with Gasteiger partial charge in [0.25, 0.3) is 0 Å². The molecular formula is C15H18N4O. The van der Waals surface area contributed by atoms with E-state index in [0.717, 1.165) is 24.5 Å². The molecule has 0 aliphatic rings. The molecule has 1 aromatic carbocycles. The molecule has 20 heavy (non-hydrogen) atoms. The van der Waals surface area contributed by atoms with Crippen LogP contribution in [0.15, 0.2) is 36.7 Å². The Morgan fingerprint density at radius 2 is 1.85 bits per heavy atom. The molecule has 5 nitrogen and oxygen atoms in total. The molecule has 0 aliphatic heterocycles. The molecule has 5 heteroatoms. The monoisotopic (exact) mass is 270 g/mol. The third kappa shape index (κ3) is 3.78. The van der Waals surface area contributed by atoms with Gasteiger partial charge in [-0.2, -0.15) is 0 Å². The summed E-state index contributed by atoms with van der Waals surface area (Å²) in [5.41, 5.74) is 1.58. The van der Waals surface area contributed by atoms with Gasteiger partial charge in [0.15, 0.2) is 5.78 Å². The zero-order valence-electron chi connectivity index (χ0n) is 11.7. The highest BCUT2D eigenvalue weighted by Gasteiger charge is 2.01. The Morgan fingerprint density at radius 3 is 2.50 bits per heavy atom. The fraction of sp³-hybridized carbons (Fsp3) is 0.267.